The van der Waals surface area contributed by atoms with Gasteiger partial charge in [-0.1, -0.05) is 43.0 Å². The number of ether oxygens (including phenoxy) is 2. The molecule has 0 radical (unpaired) electrons. The molecule has 1 aromatic heterocycles. The first-order valence-corrected chi connectivity index (χ1v) is 10.00. The monoisotopic (exact) mass is 383 g/mol. The van der Waals surface area contributed by atoms with Crippen LogP contribution in [0.1, 0.15) is 36.9 Å². The molecule has 1 heterocycles. The minimum Gasteiger partial charge on any atom is -0.497 e. The summed E-state index contributed by atoms with van der Waals surface area (Å²) in [5.74, 6) is 3.32. The topological polar surface area (TPSA) is 49.2 Å². The van der Waals surface area contributed by atoms with Crippen molar-refractivity contribution in [1.29, 1.82) is 0 Å². The van der Waals surface area contributed by atoms with Crippen LogP contribution in [0.25, 0.3) is 0 Å². The molecular weight excluding hydrogens is 358 g/mol. The fraction of sp³-hybridized carbons (Fsp3) is 0.333. The molecular formula is C21H25N3O2S. The van der Waals surface area contributed by atoms with Crippen LogP contribution in [0, 0.1) is 0 Å². The second-order valence-corrected chi connectivity index (χ2v) is 7.24. The summed E-state index contributed by atoms with van der Waals surface area (Å²) in [4.78, 5) is 0. The van der Waals surface area contributed by atoms with Crippen molar-refractivity contribution in [1.82, 2.24) is 14.8 Å². The van der Waals surface area contributed by atoms with E-state index < -0.39 is 0 Å². The van der Waals surface area contributed by atoms with Crippen molar-refractivity contribution in [3.8, 4) is 11.5 Å². The van der Waals surface area contributed by atoms with Crippen LogP contribution in [0.3, 0.4) is 0 Å². The summed E-state index contributed by atoms with van der Waals surface area (Å²) in [5, 5.41) is 9.53. The molecule has 1 atom stereocenters. The van der Waals surface area contributed by atoms with E-state index in [0.717, 1.165) is 34.7 Å². The molecule has 142 valence electrons. The third-order valence-corrected chi connectivity index (χ3v) is 5.47. The Kier molecular flexibility index (Phi) is 6.40. The fourth-order valence-corrected chi connectivity index (χ4v) is 3.64. The standard InChI is InChI=1S/C21H25N3O2S/c1-5-16-9-11-18(12-10-16)26-15(2)20-22-23-21(24(20)3)27-14-17-7-6-8-19(13-17)25-4/h6-13,15H,5,14H2,1-4H3. The molecule has 27 heavy (non-hydrogen) atoms. The molecule has 0 saturated heterocycles. The number of methoxy groups -OCH3 is 1. The molecule has 0 N–H and O–H groups in total. The summed E-state index contributed by atoms with van der Waals surface area (Å²) >= 11 is 1.65. The molecule has 2 aromatic carbocycles. The Morgan fingerprint density at radius 1 is 1.04 bits per heavy atom. The molecule has 3 rings (SSSR count). The van der Waals surface area contributed by atoms with Crippen LogP contribution < -0.4 is 9.47 Å². The normalized spacial score (nSPS) is 12.0. The van der Waals surface area contributed by atoms with Gasteiger partial charge in [0.15, 0.2) is 17.1 Å². The van der Waals surface area contributed by atoms with Crippen molar-refractivity contribution in [3.05, 3.63) is 65.5 Å². The molecule has 0 aliphatic carbocycles. The van der Waals surface area contributed by atoms with Gasteiger partial charge >= 0.3 is 0 Å². The van der Waals surface area contributed by atoms with E-state index in [4.69, 9.17) is 9.47 Å². The molecule has 0 aliphatic rings. The van der Waals surface area contributed by atoms with Crippen molar-refractivity contribution in [2.75, 3.05) is 7.11 Å². The smallest absolute Gasteiger partial charge is 0.191 e. The number of benzene rings is 2. The van der Waals surface area contributed by atoms with Gasteiger partial charge in [-0.2, -0.15) is 0 Å². The Morgan fingerprint density at radius 2 is 1.81 bits per heavy atom. The predicted octanol–water partition coefficient (Wildman–Crippen LogP) is 4.82. The second-order valence-electron chi connectivity index (χ2n) is 6.30. The van der Waals surface area contributed by atoms with E-state index in [0.29, 0.717) is 0 Å². The van der Waals surface area contributed by atoms with Gasteiger partial charge in [0.1, 0.15) is 11.5 Å². The number of aryl methyl sites for hydroxylation is 1. The highest BCUT2D eigenvalue weighted by Crippen LogP contribution is 2.26. The van der Waals surface area contributed by atoms with Gasteiger partial charge in [-0.25, -0.2) is 0 Å². The van der Waals surface area contributed by atoms with Gasteiger partial charge in [0.25, 0.3) is 0 Å². The molecule has 0 fully saturated rings. The molecule has 3 aromatic rings. The lowest BCUT2D eigenvalue weighted by atomic mass is 10.2. The van der Waals surface area contributed by atoms with Gasteiger partial charge in [-0.3, -0.25) is 0 Å². The summed E-state index contributed by atoms with van der Waals surface area (Å²) in [6.07, 6.45) is 0.841. The van der Waals surface area contributed by atoms with Crippen LogP contribution in [0.4, 0.5) is 0 Å². The lowest BCUT2D eigenvalue weighted by Crippen LogP contribution is -2.10. The lowest BCUT2D eigenvalue weighted by molar-refractivity contribution is 0.211. The fourth-order valence-electron chi connectivity index (χ4n) is 2.78. The van der Waals surface area contributed by atoms with Crippen molar-refractivity contribution < 1.29 is 9.47 Å². The third-order valence-electron chi connectivity index (χ3n) is 4.38. The Morgan fingerprint density at radius 3 is 2.52 bits per heavy atom. The molecule has 0 saturated carbocycles. The molecule has 6 heteroatoms. The van der Waals surface area contributed by atoms with E-state index in [-0.39, 0.29) is 6.10 Å². The zero-order valence-electron chi connectivity index (χ0n) is 16.2. The second kappa shape index (κ2) is 8.95. The van der Waals surface area contributed by atoms with Crippen molar-refractivity contribution in [3.63, 3.8) is 0 Å². The number of thioether (sulfide) groups is 1. The van der Waals surface area contributed by atoms with Crippen LogP contribution >= 0.6 is 11.8 Å². The summed E-state index contributed by atoms with van der Waals surface area (Å²) in [6, 6.07) is 16.3. The summed E-state index contributed by atoms with van der Waals surface area (Å²) < 4.78 is 13.3. The number of nitrogens with zero attached hydrogens (tertiary/aromatic N) is 3. The number of aromatic nitrogens is 3. The molecule has 0 bridgehead atoms. The van der Waals surface area contributed by atoms with E-state index in [1.807, 2.05) is 48.9 Å². The molecule has 0 spiro atoms. The van der Waals surface area contributed by atoms with Crippen LogP contribution in [0.2, 0.25) is 0 Å². The zero-order valence-corrected chi connectivity index (χ0v) is 17.0. The van der Waals surface area contributed by atoms with Gasteiger partial charge in [0.05, 0.1) is 7.11 Å². The first-order chi connectivity index (χ1) is 13.1. The lowest BCUT2D eigenvalue weighted by Gasteiger charge is -2.14. The van der Waals surface area contributed by atoms with E-state index in [2.05, 4.69) is 35.3 Å². The maximum absolute atomic E-state index is 6.04. The van der Waals surface area contributed by atoms with E-state index in [1.54, 1.807) is 18.9 Å². The Labute approximate surface area is 164 Å². The first-order valence-electron chi connectivity index (χ1n) is 9.01. The molecule has 0 amide bonds. The highest BCUT2D eigenvalue weighted by molar-refractivity contribution is 7.98. The SMILES string of the molecule is CCc1ccc(OC(C)c2nnc(SCc3cccc(OC)c3)n2C)cc1. The molecule has 0 aliphatic heterocycles. The van der Waals surface area contributed by atoms with Crippen LogP contribution in [-0.4, -0.2) is 21.9 Å². The quantitative estimate of drug-likeness (QED) is 0.522. The number of hydrogen-bond donors (Lipinski definition) is 0. The zero-order chi connectivity index (χ0) is 19.2. The van der Waals surface area contributed by atoms with Gasteiger partial charge in [-0.05, 0) is 48.7 Å². The van der Waals surface area contributed by atoms with E-state index in [9.17, 15) is 0 Å². The number of hydrogen-bond acceptors (Lipinski definition) is 5. The van der Waals surface area contributed by atoms with Crippen LogP contribution in [0.15, 0.2) is 53.7 Å². The average Bonchev–Trinajstić information content (AvgIpc) is 3.07. The minimum absolute atomic E-state index is 0.179. The van der Waals surface area contributed by atoms with Gasteiger partial charge in [0.2, 0.25) is 0 Å². The van der Waals surface area contributed by atoms with Gasteiger partial charge < -0.3 is 14.0 Å². The molecule has 1 unspecified atom stereocenters. The highest BCUT2D eigenvalue weighted by atomic mass is 32.2. The van der Waals surface area contributed by atoms with Gasteiger partial charge in [-0.15, -0.1) is 10.2 Å². The van der Waals surface area contributed by atoms with Crippen molar-refractivity contribution >= 4 is 11.8 Å². The predicted molar refractivity (Wildman–Crippen MR) is 108 cm³/mol. The van der Waals surface area contributed by atoms with E-state index >= 15 is 0 Å². The highest BCUT2D eigenvalue weighted by Gasteiger charge is 2.17. The Bertz CT molecular complexity index is 877. The van der Waals surface area contributed by atoms with Crippen LogP contribution in [0.5, 0.6) is 11.5 Å². The average molecular weight is 384 g/mol. The number of rotatable bonds is 8. The largest absolute Gasteiger partial charge is 0.497 e. The molecule has 5 nitrogen and oxygen atoms in total. The Hall–Kier alpha value is -2.47. The van der Waals surface area contributed by atoms with Crippen LogP contribution in [-0.2, 0) is 19.2 Å². The van der Waals surface area contributed by atoms with E-state index in [1.165, 1.54) is 11.1 Å². The maximum Gasteiger partial charge on any atom is 0.191 e. The summed E-state index contributed by atoms with van der Waals surface area (Å²) in [7, 11) is 3.65. The summed E-state index contributed by atoms with van der Waals surface area (Å²) in [6.45, 7) is 4.14. The maximum atomic E-state index is 6.04. The minimum atomic E-state index is -0.179. The first kappa shape index (κ1) is 19.3. The van der Waals surface area contributed by atoms with Crippen molar-refractivity contribution in [2.45, 2.75) is 37.3 Å². The van der Waals surface area contributed by atoms with Crippen molar-refractivity contribution in [2.24, 2.45) is 7.05 Å². The third kappa shape index (κ3) is 4.83. The Balaban J connectivity index is 1.64. The summed E-state index contributed by atoms with van der Waals surface area (Å²) in [5.41, 5.74) is 2.48. The van der Waals surface area contributed by atoms with Gasteiger partial charge in [0, 0.05) is 12.8 Å².